The minimum Gasteiger partial charge on any atom is -0.301 e. The van der Waals surface area contributed by atoms with E-state index in [-0.39, 0.29) is 7.05 Å². The van der Waals surface area contributed by atoms with E-state index in [0.717, 1.165) is 0 Å². The van der Waals surface area contributed by atoms with Gasteiger partial charge in [0.15, 0.2) is 0 Å². The topological polar surface area (TPSA) is 74.7 Å². The Balaban J connectivity index is 6.54. The van der Waals surface area contributed by atoms with Crippen LogP contribution in [0.5, 0.6) is 0 Å². The van der Waals surface area contributed by atoms with Gasteiger partial charge >= 0.3 is 28.3 Å². The molecule has 0 spiro atoms. The molecule has 0 aromatic carbocycles. The molecule has 0 rings (SSSR count). The third kappa shape index (κ3) is 3.00. The lowest BCUT2D eigenvalue weighted by Gasteiger charge is -2.38. The summed E-state index contributed by atoms with van der Waals surface area (Å²) in [4.78, 5) is 0. The molecule has 0 bridgehead atoms. The molecule has 1 N–H and O–H groups in total. The molecule has 0 heterocycles. The van der Waals surface area contributed by atoms with Gasteiger partial charge in [-0.3, -0.25) is 0 Å². The molecule has 146 valence electrons. The lowest BCUT2D eigenvalue weighted by Crippen LogP contribution is -2.69. The monoisotopic (exact) mass is 535 g/mol. The van der Waals surface area contributed by atoms with E-state index in [4.69, 9.17) is 4.55 Å². The van der Waals surface area contributed by atoms with E-state index < -0.39 is 51.9 Å². The largest absolute Gasteiger partial charge is 0.428 e. The van der Waals surface area contributed by atoms with Crippen molar-refractivity contribution >= 4 is 44.0 Å². The first kappa shape index (κ1) is 24.1. The van der Waals surface area contributed by atoms with Gasteiger partial charge in [-0.1, -0.05) is 0 Å². The van der Waals surface area contributed by atoms with Crippen molar-refractivity contribution in [1.29, 1.82) is 0 Å². The molecule has 18 heteroatoms. The Morgan fingerprint density at radius 2 is 1.21 bits per heavy atom. The maximum Gasteiger partial charge on any atom is 0.428 e. The fourth-order valence-electron chi connectivity index (χ4n) is 0.992. The molecule has 1 unspecified atom stereocenters. The minimum atomic E-state index is -7.74. The van der Waals surface area contributed by atoms with E-state index in [1.165, 1.54) is 0 Å². The van der Waals surface area contributed by atoms with Gasteiger partial charge in [0.1, 0.15) is 0 Å². The normalized spacial score (nSPS) is 17.2. The van der Waals surface area contributed by atoms with Crippen molar-refractivity contribution in [2.75, 3.05) is 7.05 Å². The molecule has 5 nitrogen and oxygen atoms in total. The van der Waals surface area contributed by atoms with Crippen molar-refractivity contribution < 1.29 is 61.1 Å². The van der Waals surface area contributed by atoms with Crippen molar-refractivity contribution in [1.82, 2.24) is 2.52 Å². The van der Waals surface area contributed by atoms with Gasteiger partial charge in [-0.15, -0.1) is 2.52 Å². The highest BCUT2D eigenvalue weighted by Crippen LogP contribution is 2.58. The lowest BCUT2D eigenvalue weighted by molar-refractivity contribution is -0.375. The molecule has 0 aliphatic carbocycles. The molecule has 0 aliphatic heterocycles. The Hall–Kier alpha value is 0.0500. The zero-order valence-corrected chi connectivity index (χ0v) is 14.4. The molecular formula is C6H4F10INO4S2. The summed E-state index contributed by atoms with van der Waals surface area (Å²) in [7, 11) is -6.57. The lowest BCUT2D eigenvalue weighted by atomic mass is 10.0. The SMILES string of the molecule is CN(I)S(=O)(=O)C(F)(F)C(F)(F)C(F)(F)C(F)(F)C(F)(F)S(=O)O. The van der Waals surface area contributed by atoms with Crippen LogP contribution in [-0.2, 0) is 21.1 Å². The van der Waals surface area contributed by atoms with E-state index >= 15 is 0 Å². The van der Waals surface area contributed by atoms with Crippen LogP contribution in [0.2, 0.25) is 0 Å². The fourth-order valence-corrected chi connectivity index (χ4v) is 2.85. The van der Waals surface area contributed by atoms with Crippen LogP contribution >= 0.6 is 22.9 Å². The number of nitrogens with zero attached hydrogens (tertiary/aromatic N) is 1. The third-order valence-electron chi connectivity index (χ3n) is 2.39. The number of alkyl halides is 10. The van der Waals surface area contributed by atoms with Gasteiger partial charge in [0.2, 0.25) is 11.1 Å². The number of hydrogen-bond acceptors (Lipinski definition) is 3. The number of rotatable bonds is 7. The second-order valence-corrected chi connectivity index (χ2v) is 9.03. The predicted octanol–water partition coefficient (Wildman–Crippen LogP) is 2.91. The number of halogens is 11. The third-order valence-corrected chi connectivity index (χ3v) is 6.21. The van der Waals surface area contributed by atoms with Crippen LogP contribution in [-0.4, -0.2) is 55.0 Å². The van der Waals surface area contributed by atoms with E-state index in [1.807, 2.05) is 0 Å². The molecule has 0 amide bonds. The van der Waals surface area contributed by atoms with Crippen molar-refractivity contribution in [2.45, 2.75) is 28.3 Å². The van der Waals surface area contributed by atoms with Gasteiger partial charge in [-0.05, 0) is 0 Å². The summed E-state index contributed by atoms with van der Waals surface area (Å²) < 4.78 is 170. The predicted molar refractivity (Wildman–Crippen MR) is 66.2 cm³/mol. The minimum absolute atomic E-state index is 0.132. The summed E-state index contributed by atoms with van der Waals surface area (Å²) in [5.74, 6) is -22.9. The van der Waals surface area contributed by atoms with Crippen LogP contribution in [0.25, 0.3) is 0 Å². The molecular weight excluding hydrogens is 531 g/mol. The molecule has 1 atom stereocenters. The highest BCUT2D eigenvalue weighted by atomic mass is 127. The molecule has 0 saturated carbocycles. The summed E-state index contributed by atoms with van der Waals surface area (Å²) in [6, 6.07) is 0. The quantitative estimate of drug-likeness (QED) is 0.236. The first-order valence-electron chi connectivity index (χ1n) is 4.78. The van der Waals surface area contributed by atoms with Gasteiger partial charge in [-0.2, -0.15) is 43.9 Å². The second-order valence-electron chi connectivity index (χ2n) is 3.90. The Morgan fingerprint density at radius 1 is 0.875 bits per heavy atom. The van der Waals surface area contributed by atoms with Crippen molar-refractivity contribution in [3.63, 3.8) is 0 Å². The fraction of sp³-hybridized carbons (Fsp3) is 1.00. The van der Waals surface area contributed by atoms with Gasteiger partial charge in [0.05, 0.1) is 0 Å². The Morgan fingerprint density at radius 3 is 1.46 bits per heavy atom. The summed E-state index contributed by atoms with van der Waals surface area (Å²) >= 11 is -4.80. The first-order valence-corrected chi connectivity index (χ1v) is 8.29. The van der Waals surface area contributed by atoms with E-state index in [0.29, 0.717) is 22.9 Å². The zero-order valence-electron chi connectivity index (χ0n) is 10.6. The van der Waals surface area contributed by atoms with Crippen LogP contribution in [0.1, 0.15) is 0 Å². The highest BCUT2D eigenvalue weighted by Gasteiger charge is 2.90. The molecule has 0 aromatic rings. The Bertz CT molecular complexity index is 621. The van der Waals surface area contributed by atoms with Crippen molar-refractivity contribution in [3.05, 3.63) is 0 Å². The van der Waals surface area contributed by atoms with Crippen molar-refractivity contribution in [3.8, 4) is 0 Å². The first-order chi connectivity index (χ1) is 10.1. The second kappa shape index (κ2) is 6.34. The van der Waals surface area contributed by atoms with Crippen LogP contribution in [0.4, 0.5) is 43.9 Å². The summed E-state index contributed by atoms with van der Waals surface area (Å²) in [6.07, 6.45) is 0. The zero-order chi connectivity index (χ0) is 20.2. The van der Waals surface area contributed by atoms with Gasteiger partial charge in [0, 0.05) is 29.9 Å². The van der Waals surface area contributed by atoms with Gasteiger partial charge in [-0.25, -0.2) is 12.6 Å². The molecule has 0 aliphatic rings. The van der Waals surface area contributed by atoms with Crippen LogP contribution in [0.3, 0.4) is 0 Å². The Kier molecular flexibility index (Phi) is 6.35. The molecule has 0 saturated heterocycles. The maximum absolute atomic E-state index is 13.3. The number of hydrogen-bond donors (Lipinski definition) is 1. The molecule has 0 radical (unpaired) electrons. The highest BCUT2D eigenvalue weighted by molar-refractivity contribution is 14.1. The average molecular weight is 535 g/mol. The van der Waals surface area contributed by atoms with E-state index in [2.05, 4.69) is 0 Å². The number of sulfonamides is 1. The smallest absolute Gasteiger partial charge is 0.301 e. The van der Waals surface area contributed by atoms with Crippen LogP contribution in [0, 0.1) is 0 Å². The molecule has 0 fully saturated rings. The van der Waals surface area contributed by atoms with Crippen LogP contribution < -0.4 is 0 Å². The standard InChI is InChI=1S/C6H4F10INO4S2/c1-18(17)24(21,22)6(15,16)4(11,12)2(7,8)3(9,10)5(13,14)23(19)20/h1H3,(H,19,20). The average Bonchev–Trinajstić information content (AvgIpc) is 2.36. The molecule has 0 aromatic heterocycles. The van der Waals surface area contributed by atoms with E-state index in [1.54, 1.807) is 0 Å². The Labute approximate surface area is 143 Å². The van der Waals surface area contributed by atoms with Gasteiger partial charge in [0.25, 0.3) is 10.0 Å². The van der Waals surface area contributed by atoms with Gasteiger partial charge < -0.3 is 4.55 Å². The molecule has 24 heavy (non-hydrogen) atoms. The summed E-state index contributed by atoms with van der Waals surface area (Å²) in [6.45, 7) is 0. The van der Waals surface area contributed by atoms with E-state index in [9.17, 15) is 56.5 Å². The maximum atomic E-state index is 13.3. The van der Waals surface area contributed by atoms with Crippen LogP contribution in [0.15, 0.2) is 0 Å². The summed E-state index contributed by atoms with van der Waals surface area (Å²) in [5, 5.41) is -13.8. The van der Waals surface area contributed by atoms with Crippen molar-refractivity contribution in [2.24, 2.45) is 0 Å². The summed E-state index contributed by atoms with van der Waals surface area (Å²) in [5.41, 5.74) is 0.